The summed E-state index contributed by atoms with van der Waals surface area (Å²) in [5.74, 6) is 0. The molecule has 0 aromatic carbocycles. The zero-order chi connectivity index (χ0) is 10.2. The maximum absolute atomic E-state index is 5.64. The summed E-state index contributed by atoms with van der Waals surface area (Å²) >= 11 is -2.06. The summed E-state index contributed by atoms with van der Waals surface area (Å²) in [7, 11) is 0. The molecule has 0 amide bonds. The van der Waals surface area contributed by atoms with Crippen molar-refractivity contribution in [2.45, 2.75) is 17.7 Å². The van der Waals surface area contributed by atoms with E-state index in [-0.39, 0.29) is 0 Å². The van der Waals surface area contributed by atoms with Gasteiger partial charge in [0, 0.05) is 0 Å². The van der Waals surface area contributed by atoms with Gasteiger partial charge in [-0.25, -0.2) is 0 Å². The summed E-state index contributed by atoms with van der Waals surface area (Å²) in [6, 6.07) is 0. The Morgan fingerprint density at radius 1 is 0.538 bits per heavy atom. The topological polar surface area (TPSA) is 104 Å². The van der Waals surface area contributed by atoms with Crippen molar-refractivity contribution in [2.24, 2.45) is 22.9 Å². The summed E-state index contributed by atoms with van der Waals surface area (Å²) in [6.45, 7) is 3.15. The Morgan fingerprint density at radius 3 is 0.923 bits per heavy atom. The number of hydrogen-bond acceptors (Lipinski definition) is 4. The number of rotatable bonds is 8. The first-order valence-electron chi connectivity index (χ1n) is 5.05. The molecule has 0 aromatic heterocycles. The molecule has 0 aliphatic carbocycles. The van der Waals surface area contributed by atoms with Crippen LogP contribution in [0.25, 0.3) is 0 Å². The van der Waals surface area contributed by atoms with Gasteiger partial charge in [-0.3, -0.25) is 0 Å². The van der Waals surface area contributed by atoms with Crippen molar-refractivity contribution < 1.29 is 0 Å². The van der Waals surface area contributed by atoms with Crippen LogP contribution in [-0.2, 0) is 0 Å². The van der Waals surface area contributed by atoms with Crippen molar-refractivity contribution in [3.05, 3.63) is 0 Å². The van der Waals surface area contributed by atoms with E-state index in [2.05, 4.69) is 0 Å². The molecular formula is C8H24N4Sn. The minimum atomic E-state index is -2.06. The first-order chi connectivity index (χ1) is 6.24. The Hall–Kier alpha value is 0.639. The molecule has 4 nitrogen and oxygen atoms in total. The van der Waals surface area contributed by atoms with E-state index >= 15 is 0 Å². The van der Waals surface area contributed by atoms with E-state index in [1.807, 2.05) is 0 Å². The standard InChI is InChI=1S/4C2H6N.Sn/c4*1-2-3;/h4*1-3H2;. The average molecular weight is 295 g/mol. The first kappa shape index (κ1) is 13.6. The third-order valence-electron chi connectivity index (χ3n) is 2.70. The number of nitrogens with two attached hydrogens (primary N) is 4. The molecule has 13 heavy (non-hydrogen) atoms. The zero-order valence-electron chi connectivity index (χ0n) is 8.47. The second-order valence-corrected chi connectivity index (χ2v) is 17.9. The second-order valence-electron chi connectivity index (χ2n) is 3.65. The molecule has 0 rings (SSSR count). The van der Waals surface area contributed by atoms with Gasteiger partial charge >= 0.3 is 85.2 Å². The van der Waals surface area contributed by atoms with Crippen LogP contribution in [0.4, 0.5) is 0 Å². The van der Waals surface area contributed by atoms with E-state index in [0.29, 0.717) is 0 Å². The van der Waals surface area contributed by atoms with Gasteiger partial charge in [0.05, 0.1) is 0 Å². The van der Waals surface area contributed by atoms with Gasteiger partial charge in [-0.2, -0.15) is 0 Å². The summed E-state index contributed by atoms with van der Waals surface area (Å²) in [6.07, 6.45) is 0. The SMILES string of the molecule is NC[CH2][Sn]([CH2]CN)([CH2]CN)[CH2]CN. The van der Waals surface area contributed by atoms with Crippen LogP contribution in [0.2, 0.25) is 17.7 Å². The van der Waals surface area contributed by atoms with Gasteiger partial charge < -0.3 is 0 Å². The van der Waals surface area contributed by atoms with Crippen LogP contribution in [0.15, 0.2) is 0 Å². The van der Waals surface area contributed by atoms with E-state index in [4.69, 9.17) is 22.9 Å². The van der Waals surface area contributed by atoms with Crippen LogP contribution in [0.3, 0.4) is 0 Å². The molecule has 0 spiro atoms. The van der Waals surface area contributed by atoms with Crippen molar-refractivity contribution in [3.8, 4) is 0 Å². The van der Waals surface area contributed by atoms with Gasteiger partial charge in [-0.1, -0.05) is 0 Å². The third kappa shape index (κ3) is 5.17. The molecule has 0 aromatic rings. The van der Waals surface area contributed by atoms with Crippen LogP contribution in [0, 0.1) is 0 Å². The second kappa shape index (κ2) is 7.99. The van der Waals surface area contributed by atoms with Gasteiger partial charge in [-0.15, -0.1) is 0 Å². The molecule has 0 aliphatic rings. The Kier molecular flexibility index (Phi) is 8.38. The summed E-state index contributed by atoms with van der Waals surface area (Å²) < 4.78 is 4.78. The summed E-state index contributed by atoms with van der Waals surface area (Å²) in [4.78, 5) is 0. The van der Waals surface area contributed by atoms with Crippen molar-refractivity contribution >= 4 is 18.4 Å². The Morgan fingerprint density at radius 2 is 0.769 bits per heavy atom. The third-order valence-corrected chi connectivity index (χ3v) is 18.1. The fourth-order valence-corrected chi connectivity index (χ4v) is 13.2. The van der Waals surface area contributed by atoms with E-state index < -0.39 is 18.4 Å². The molecule has 0 heterocycles. The molecule has 0 aliphatic heterocycles. The fourth-order valence-electron chi connectivity index (χ4n) is 1.97. The minimum absolute atomic E-state index is 0.788. The molecule has 0 bridgehead atoms. The van der Waals surface area contributed by atoms with Crippen molar-refractivity contribution in [1.82, 2.24) is 0 Å². The molecule has 0 fully saturated rings. The van der Waals surface area contributed by atoms with Gasteiger partial charge in [0.25, 0.3) is 0 Å². The van der Waals surface area contributed by atoms with Gasteiger partial charge in [0.1, 0.15) is 0 Å². The monoisotopic (exact) mass is 296 g/mol. The molecule has 0 atom stereocenters. The number of hydrogen-bond donors (Lipinski definition) is 4. The van der Waals surface area contributed by atoms with Crippen LogP contribution in [-0.4, -0.2) is 44.6 Å². The summed E-state index contributed by atoms with van der Waals surface area (Å²) in [5.41, 5.74) is 22.5. The Bertz CT molecular complexity index is 91.2. The van der Waals surface area contributed by atoms with Crippen molar-refractivity contribution in [2.75, 3.05) is 26.2 Å². The molecule has 8 N–H and O–H groups in total. The predicted molar refractivity (Wildman–Crippen MR) is 61.2 cm³/mol. The molecule has 5 heteroatoms. The Labute approximate surface area is 85.3 Å². The van der Waals surface area contributed by atoms with Gasteiger partial charge in [0.2, 0.25) is 0 Å². The van der Waals surface area contributed by atoms with Crippen LogP contribution < -0.4 is 22.9 Å². The molecule has 0 saturated carbocycles. The maximum atomic E-state index is 5.64. The van der Waals surface area contributed by atoms with Crippen LogP contribution in [0.5, 0.6) is 0 Å². The molecule has 0 unspecified atom stereocenters. The van der Waals surface area contributed by atoms with E-state index in [0.717, 1.165) is 26.2 Å². The van der Waals surface area contributed by atoms with E-state index in [9.17, 15) is 0 Å². The first-order valence-corrected chi connectivity index (χ1v) is 13.1. The quantitative estimate of drug-likeness (QED) is 0.443. The van der Waals surface area contributed by atoms with Gasteiger partial charge in [-0.05, 0) is 0 Å². The van der Waals surface area contributed by atoms with E-state index in [1.54, 1.807) is 0 Å². The molecular weight excluding hydrogens is 271 g/mol. The normalized spacial score (nSPS) is 12.0. The zero-order valence-corrected chi connectivity index (χ0v) is 11.3. The average Bonchev–Trinajstić information content (AvgIpc) is 2.06. The predicted octanol–water partition coefficient (Wildman–Crippen LogP) is -0.730. The van der Waals surface area contributed by atoms with Gasteiger partial charge in [0.15, 0.2) is 0 Å². The van der Waals surface area contributed by atoms with Crippen LogP contribution >= 0.6 is 0 Å². The fraction of sp³-hybridized carbons (Fsp3) is 1.00. The van der Waals surface area contributed by atoms with Crippen molar-refractivity contribution in [3.63, 3.8) is 0 Å². The Balaban J connectivity index is 4.19. The summed E-state index contributed by atoms with van der Waals surface area (Å²) in [5, 5.41) is 0. The molecule has 0 radical (unpaired) electrons. The van der Waals surface area contributed by atoms with Crippen LogP contribution in [0.1, 0.15) is 0 Å². The van der Waals surface area contributed by atoms with Crippen molar-refractivity contribution in [1.29, 1.82) is 0 Å². The van der Waals surface area contributed by atoms with E-state index in [1.165, 1.54) is 17.7 Å². The molecule has 80 valence electrons. The molecule has 0 saturated heterocycles.